The van der Waals surface area contributed by atoms with Crippen LogP contribution in [0.2, 0.25) is 0 Å². The molecule has 32 heavy (non-hydrogen) atoms. The fraction of sp³-hybridized carbons (Fsp3) is 0.500. The van der Waals surface area contributed by atoms with Gasteiger partial charge in [-0.15, -0.1) is 0 Å². The first-order valence-electron chi connectivity index (χ1n) is 11.2. The highest BCUT2D eigenvalue weighted by Gasteiger charge is 2.13. The van der Waals surface area contributed by atoms with E-state index in [0.29, 0.717) is 0 Å². The minimum Gasteiger partial charge on any atom is -0.282 e. The van der Waals surface area contributed by atoms with Crippen LogP contribution in [0.15, 0.2) is 70.5 Å². The van der Waals surface area contributed by atoms with Crippen LogP contribution in [0.1, 0.15) is 71.1 Å². The summed E-state index contributed by atoms with van der Waals surface area (Å²) in [4.78, 5) is 0.164. The maximum absolute atomic E-state index is 11.9. The average Bonchev–Trinajstić information content (AvgIpc) is 2.78. The van der Waals surface area contributed by atoms with Gasteiger partial charge < -0.3 is 0 Å². The summed E-state index contributed by atoms with van der Waals surface area (Å²) in [5, 5.41) is 0. The molecule has 0 radical (unpaired) electrons. The molecule has 0 aromatic heterocycles. The van der Waals surface area contributed by atoms with Crippen molar-refractivity contribution in [1.82, 2.24) is 0 Å². The van der Waals surface area contributed by atoms with E-state index < -0.39 is 20.2 Å². The first-order chi connectivity index (χ1) is 15.3. The Morgan fingerprint density at radius 3 is 1.44 bits per heavy atom. The number of rotatable bonds is 14. The van der Waals surface area contributed by atoms with E-state index in [1.165, 1.54) is 63.5 Å². The second-order valence-electron chi connectivity index (χ2n) is 7.56. The molecule has 8 heteroatoms. The van der Waals surface area contributed by atoms with Gasteiger partial charge in [-0.1, -0.05) is 101 Å². The van der Waals surface area contributed by atoms with Gasteiger partial charge >= 0.3 is 0 Å². The van der Waals surface area contributed by atoms with Crippen molar-refractivity contribution >= 4 is 20.2 Å². The lowest BCUT2D eigenvalue weighted by Crippen LogP contribution is -2.07. The Balaban J connectivity index is 0.000000425. The van der Waals surface area contributed by atoms with Gasteiger partial charge in [0.15, 0.2) is 0 Å². The smallest absolute Gasteiger partial charge is 0.282 e. The van der Waals surface area contributed by atoms with Crippen molar-refractivity contribution in [1.29, 1.82) is 0 Å². The van der Waals surface area contributed by atoms with Crippen molar-refractivity contribution in [3.05, 3.63) is 60.7 Å². The quantitative estimate of drug-likeness (QED) is 0.193. The Morgan fingerprint density at radius 1 is 0.625 bits per heavy atom. The van der Waals surface area contributed by atoms with Gasteiger partial charge in [-0.3, -0.25) is 8.74 Å². The Kier molecular flexibility index (Phi) is 14.1. The van der Waals surface area contributed by atoms with Crippen molar-refractivity contribution in [2.24, 2.45) is 0 Å². The highest BCUT2D eigenvalue weighted by molar-refractivity contribution is 7.86. The van der Waals surface area contributed by atoms with Gasteiger partial charge in [0.25, 0.3) is 20.2 Å². The number of hydrogen-bond donors (Lipinski definition) is 1. The zero-order chi connectivity index (χ0) is 23.7. The van der Waals surface area contributed by atoms with Crippen LogP contribution in [-0.4, -0.2) is 28.0 Å². The van der Waals surface area contributed by atoms with Gasteiger partial charge in [0.2, 0.25) is 0 Å². The van der Waals surface area contributed by atoms with Crippen LogP contribution in [0.4, 0.5) is 0 Å². The normalized spacial score (nSPS) is 11.6. The van der Waals surface area contributed by atoms with E-state index in [9.17, 15) is 16.8 Å². The zero-order valence-corrected chi connectivity index (χ0v) is 20.5. The van der Waals surface area contributed by atoms with Gasteiger partial charge in [-0.25, -0.2) is 0 Å². The highest BCUT2D eigenvalue weighted by Crippen LogP contribution is 2.14. The number of benzene rings is 2. The van der Waals surface area contributed by atoms with Crippen LogP contribution < -0.4 is 0 Å². The van der Waals surface area contributed by atoms with Gasteiger partial charge in [0.1, 0.15) is 0 Å². The fourth-order valence-corrected chi connectivity index (χ4v) is 4.47. The van der Waals surface area contributed by atoms with Gasteiger partial charge in [0, 0.05) is 0 Å². The SMILES string of the molecule is CCCCCCCCCCCCOS(=O)(=O)c1ccccc1.O=S(=O)(O)c1ccccc1. The highest BCUT2D eigenvalue weighted by atomic mass is 32.2. The first kappa shape index (κ1) is 28.3. The van der Waals surface area contributed by atoms with E-state index in [1.54, 1.807) is 48.5 Å². The van der Waals surface area contributed by atoms with E-state index in [-0.39, 0.29) is 16.4 Å². The Bertz CT molecular complexity index is 927. The van der Waals surface area contributed by atoms with Crippen LogP contribution in [0.5, 0.6) is 0 Å². The number of unbranched alkanes of at least 4 members (excludes halogenated alkanes) is 9. The minimum atomic E-state index is -4.00. The Hall–Kier alpha value is -1.74. The summed E-state index contributed by atoms with van der Waals surface area (Å²) in [6.45, 7) is 2.52. The molecule has 0 unspecified atom stereocenters. The topological polar surface area (TPSA) is 97.7 Å². The van der Waals surface area contributed by atoms with E-state index >= 15 is 0 Å². The van der Waals surface area contributed by atoms with Gasteiger partial charge in [-0.05, 0) is 30.7 Å². The van der Waals surface area contributed by atoms with Crippen molar-refractivity contribution < 1.29 is 25.6 Å². The maximum Gasteiger partial charge on any atom is 0.296 e. The molecule has 0 heterocycles. The standard InChI is InChI=1S/C18H30O3S.C6H6O3S/c1-2-3-4-5-6-7-8-9-10-14-17-21-22(19,20)18-15-12-11-13-16-18;7-10(8,9)6-4-2-1-3-5-6/h11-13,15-16H,2-10,14,17H2,1H3;1-5H,(H,7,8,9). The molecule has 2 aromatic carbocycles. The molecule has 6 nitrogen and oxygen atoms in total. The largest absolute Gasteiger partial charge is 0.296 e. The van der Waals surface area contributed by atoms with Crippen LogP contribution >= 0.6 is 0 Å². The molecule has 0 saturated heterocycles. The molecular formula is C24H36O6S2. The van der Waals surface area contributed by atoms with Crippen molar-refractivity contribution in [3.8, 4) is 0 Å². The summed E-state index contributed by atoms with van der Waals surface area (Å²) in [7, 11) is -7.57. The predicted octanol–water partition coefficient (Wildman–Crippen LogP) is 6.25. The molecule has 0 fully saturated rings. The molecule has 0 bridgehead atoms. The van der Waals surface area contributed by atoms with Gasteiger partial charge in [-0.2, -0.15) is 16.8 Å². The van der Waals surface area contributed by atoms with E-state index in [2.05, 4.69) is 6.92 Å². The maximum atomic E-state index is 11.9. The fourth-order valence-electron chi connectivity index (χ4n) is 3.01. The van der Waals surface area contributed by atoms with E-state index in [4.69, 9.17) is 8.74 Å². The molecule has 0 spiro atoms. The van der Waals surface area contributed by atoms with E-state index in [0.717, 1.165) is 12.8 Å². The molecular weight excluding hydrogens is 448 g/mol. The molecule has 2 rings (SSSR count). The van der Waals surface area contributed by atoms with Crippen molar-refractivity contribution in [2.45, 2.75) is 80.9 Å². The van der Waals surface area contributed by atoms with Crippen molar-refractivity contribution in [2.75, 3.05) is 6.61 Å². The van der Waals surface area contributed by atoms with Crippen LogP contribution in [0, 0.1) is 0 Å². The molecule has 2 aromatic rings. The predicted molar refractivity (Wildman–Crippen MR) is 128 cm³/mol. The summed E-state index contributed by atoms with van der Waals surface area (Å²) in [6.07, 6.45) is 12.3. The van der Waals surface area contributed by atoms with Crippen LogP contribution in [-0.2, 0) is 24.4 Å². The summed E-state index contributed by atoms with van der Waals surface area (Å²) in [5.41, 5.74) is 0. The third kappa shape index (κ3) is 13.0. The van der Waals surface area contributed by atoms with Crippen LogP contribution in [0.3, 0.4) is 0 Å². The minimum absolute atomic E-state index is 0.0741. The van der Waals surface area contributed by atoms with Crippen LogP contribution in [0.25, 0.3) is 0 Å². The summed E-state index contributed by atoms with van der Waals surface area (Å²) >= 11 is 0. The number of hydrogen-bond acceptors (Lipinski definition) is 5. The monoisotopic (exact) mass is 484 g/mol. The second-order valence-corrected chi connectivity index (χ2v) is 10.6. The molecule has 0 aliphatic rings. The first-order valence-corrected chi connectivity index (χ1v) is 14.1. The lowest BCUT2D eigenvalue weighted by Gasteiger charge is -2.05. The Labute approximate surface area is 193 Å². The molecule has 1 N–H and O–H groups in total. The second kappa shape index (κ2) is 16.0. The third-order valence-corrected chi connectivity index (χ3v) is 7.00. The third-order valence-electron chi connectivity index (χ3n) is 4.81. The van der Waals surface area contributed by atoms with E-state index in [1.807, 2.05) is 0 Å². The summed E-state index contributed by atoms with van der Waals surface area (Å²) in [5.74, 6) is 0. The molecule has 0 saturated carbocycles. The molecule has 0 aliphatic heterocycles. The molecule has 0 amide bonds. The Morgan fingerprint density at radius 2 is 1.03 bits per heavy atom. The summed E-state index contributed by atoms with van der Waals surface area (Å²) < 4.78 is 58.0. The lowest BCUT2D eigenvalue weighted by molar-refractivity contribution is 0.306. The lowest BCUT2D eigenvalue weighted by atomic mass is 10.1. The molecule has 0 aliphatic carbocycles. The summed E-state index contributed by atoms with van der Waals surface area (Å²) in [6, 6.07) is 15.8. The molecule has 180 valence electrons. The van der Waals surface area contributed by atoms with Crippen molar-refractivity contribution in [3.63, 3.8) is 0 Å². The average molecular weight is 485 g/mol. The van der Waals surface area contributed by atoms with Gasteiger partial charge in [0.05, 0.1) is 16.4 Å². The molecule has 0 atom stereocenters. The zero-order valence-electron chi connectivity index (χ0n) is 18.9.